The first-order valence-corrected chi connectivity index (χ1v) is 10.9. The van der Waals surface area contributed by atoms with Gasteiger partial charge in [-0.25, -0.2) is 0 Å². The number of rotatable bonds is 5. The Morgan fingerprint density at radius 3 is 2.73 bits per heavy atom. The Morgan fingerprint density at radius 1 is 1.12 bits per heavy atom. The SMILES string of the molecule is COc1cccc2[nH]c(C(=O)N3CCNC(=O)C3Cc3ccc(-c4cccnc4)cc3)cc12. The largest absolute Gasteiger partial charge is 0.496 e. The van der Waals surface area contributed by atoms with E-state index in [4.69, 9.17) is 4.74 Å². The van der Waals surface area contributed by atoms with Crippen molar-refractivity contribution in [3.8, 4) is 16.9 Å². The highest BCUT2D eigenvalue weighted by Crippen LogP contribution is 2.27. The molecule has 0 saturated carbocycles. The van der Waals surface area contributed by atoms with Crippen LogP contribution in [0, 0.1) is 0 Å². The Morgan fingerprint density at radius 2 is 1.97 bits per heavy atom. The van der Waals surface area contributed by atoms with Gasteiger partial charge in [0.05, 0.1) is 7.11 Å². The summed E-state index contributed by atoms with van der Waals surface area (Å²) in [6.45, 7) is 0.889. The maximum absolute atomic E-state index is 13.4. The molecule has 33 heavy (non-hydrogen) atoms. The van der Waals surface area contributed by atoms with Crippen LogP contribution in [-0.4, -0.2) is 52.9 Å². The number of aromatic nitrogens is 2. The fourth-order valence-electron chi connectivity index (χ4n) is 4.33. The topological polar surface area (TPSA) is 87.3 Å². The van der Waals surface area contributed by atoms with Crippen LogP contribution in [0.3, 0.4) is 0 Å². The minimum atomic E-state index is -0.580. The molecule has 4 aromatic rings. The fourth-order valence-corrected chi connectivity index (χ4v) is 4.33. The highest BCUT2D eigenvalue weighted by molar-refractivity contribution is 6.02. The van der Waals surface area contributed by atoms with Crippen LogP contribution in [0.2, 0.25) is 0 Å². The summed E-state index contributed by atoms with van der Waals surface area (Å²) >= 11 is 0. The van der Waals surface area contributed by atoms with Crippen molar-refractivity contribution in [1.82, 2.24) is 20.2 Å². The summed E-state index contributed by atoms with van der Waals surface area (Å²) < 4.78 is 5.41. The lowest BCUT2D eigenvalue weighted by Crippen LogP contribution is -2.58. The number of methoxy groups -OCH3 is 1. The van der Waals surface area contributed by atoms with Gasteiger partial charge in [-0.2, -0.15) is 0 Å². The Balaban J connectivity index is 1.39. The molecule has 0 radical (unpaired) electrons. The predicted octanol–water partition coefficient (Wildman–Crippen LogP) is 3.42. The van der Waals surface area contributed by atoms with Gasteiger partial charge in [-0.15, -0.1) is 0 Å². The molecule has 1 aliphatic heterocycles. The van der Waals surface area contributed by atoms with Crippen molar-refractivity contribution in [3.05, 3.63) is 84.3 Å². The minimum Gasteiger partial charge on any atom is -0.496 e. The van der Waals surface area contributed by atoms with Gasteiger partial charge in [-0.05, 0) is 41.0 Å². The second kappa shape index (κ2) is 8.78. The number of hydrogen-bond donors (Lipinski definition) is 2. The monoisotopic (exact) mass is 440 g/mol. The van der Waals surface area contributed by atoms with Gasteiger partial charge in [0.15, 0.2) is 0 Å². The number of carbonyl (C=O) groups excluding carboxylic acids is 2. The summed E-state index contributed by atoms with van der Waals surface area (Å²) in [6.07, 6.45) is 4.00. The molecule has 1 unspecified atom stereocenters. The maximum atomic E-state index is 13.4. The van der Waals surface area contributed by atoms with Crippen LogP contribution >= 0.6 is 0 Å². The number of benzene rings is 2. The van der Waals surface area contributed by atoms with E-state index in [1.165, 1.54) is 0 Å². The predicted molar refractivity (Wildman–Crippen MR) is 126 cm³/mol. The standard InChI is InChI=1S/C26H24N4O3/c1-33-24-6-2-5-21-20(24)15-22(29-21)26(32)30-13-12-28-25(31)23(30)14-17-7-9-18(10-8-17)19-4-3-11-27-16-19/h2-11,15-16,23,29H,12-14H2,1H3,(H,28,31). The highest BCUT2D eigenvalue weighted by atomic mass is 16.5. The first-order valence-electron chi connectivity index (χ1n) is 10.9. The molecule has 2 N–H and O–H groups in total. The van der Waals surface area contributed by atoms with E-state index in [0.717, 1.165) is 27.6 Å². The molecule has 166 valence electrons. The lowest BCUT2D eigenvalue weighted by Gasteiger charge is -2.35. The molecular weight excluding hydrogens is 416 g/mol. The van der Waals surface area contributed by atoms with E-state index in [1.54, 1.807) is 24.3 Å². The quantitative estimate of drug-likeness (QED) is 0.498. The molecule has 3 heterocycles. The number of carbonyl (C=O) groups is 2. The summed E-state index contributed by atoms with van der Waals surface area (Å²) in [5, 5.41) is 3.74. The molecule has 2 aromatic heterocycles. The summed E-state index contributed by atoms with van der Waals surface area (Å²) in [7, 11) is 1.61. The summed E-state index contributed by atoms with van der Waals surface area (Å²) in [4.78, 5) is 35.2. The van der Waals surface area contributed by atoms with Crippen LogP contribution in [0.25, 0.3) is 22.0 Å². The lowest BCUT2D eigenvalue weighted by atomic mass is 9.99. The number of pyridine rings is 1. The Labute approximate surface area is 191 Å². The zero-order valence-electron chi connectivity index (χ0n) is 18.2. The van der Waals surface area contributed by atoms with Crippen molar-refractivity contribution in [2.75, 3.05) is 20.2 Å². The van der Waals surface area contributed by atoms with E-state index in [1.807, 2.05) is 60.8 Å². The van der Waals surface area contributed by atoms with Gasteiger partial charge in [0.2, 0.25) is 5.91 Å². The number of hydrogen-bond acceptors (Lipinski definition) is 4. The Hall–Kier alpha value is -4.13. The molecule has 1 aliphatic rings. The zero-order valence-corrected chi connectivity index (χ0v) is 18.2. The molecule has 1 fully saturated rings. The van der Waals surface area contributed by atoms with Crippen molar-refractivity contribution < 1.29 is 14.3 Å². The van der Waals surface area contributed by atoms with Gasteiger partial charge < -0.3 is 19.9 Å². The summed E-state index contributed by atoms with van der Waals surface area (Å²) in [5.74, 6) is 0.365. The first kappa shape index (κ1) is 20.8. The first-order chi connectivity index (χ1) is 16.1. The van der Waals surface area contributed by atoms with Crippen LogP contribution in [0.1, 0.15) is 16.1 Å². The number of piperazine rings is 1. The molecule has 2 aromatic carbocycles. The van der Waals surface area contributed by atoms with Crippen LogP contribution in [0.4, 0.5) is 0 Å². The van der Waals surface area contributed by atoms with E-state index >= 15 is 0 Å². The van der Waals surface area contributed by atoms with Crippen molar-refractivity contribution in [2.45, 2.75) is 12.5 Å². The average molecular weight is 441 g/mol. The molecule has 1 saturated heterocycles. The van der Waals surface area contributed by atoms with Gasteiger partial charge in [0.1, 0.15) is 17.5 Å². The van der Waals surface area contributed by atoms with E-state index in [0.29, 0.717) is 31.0 Å². The number of nitrogens with zero attached hydrogens (tertiary/aromatic N) is 2. The van der Waals surface area contributed by atoms with Crippen LogP contribution < -0.4 is 10.1 Å². The molecule has 7 nitrogen and oxygen atoms in total. The van der Waals surface area contributed by atoms with Crippen molar-refractivity contribution in [1.29, 1.82) is 0 Å². The molecular formula is C26H24N4O3. The number of fused-ring (bicyclic) bond motifs is 1. The number of H-pyrrole nitrogens is 1. The average Bonchev–Trinajstić information content (AvgIpc) is 3.30. The van der Waals surface area contributed by atoms with Gasteiger partial charge in [-0.3, -0.25) is 14.6 Å². The van der Waals surface area contributed by atoms with E-state index in [9.17, 15) is 9.59 Å². The summed E-state index contributed by atoms with van der Waals surface area (Å²) in [5.41, 5.74) is 4.34. The third-order valence-electron chi connectivity index (χ3n) is 6.04. The minimum absolute atomic E-state index is 0.139. The molecule has 0 aliphatic carbocycles. The lowest BCUT2D eigenvalue weighted by molar-refractivity contribution is -0.127. The molecule has 5 rings (SSSR count). The molecule has 0 spiro atoms. The molecule has 1 atom stereocenters. The number of ether oxygens (including phenoxy) is 1. The van der Waals surface area contributed by atoms with Crippen LogP contribution in [0.15, 0.2) is 73.1 Å². The van der Waals surface area contributed by atoms with E-state index in [2.05, 4.69) is 15.3 Å². The third-order valence-corrected chi connectivity index (χ3v) is 6.04. The van der Waals surface area contributed by atoms with Gasteiger partial charge in [0.25, 0.3) is 5.91 Å². The van der Waals surface area contributed by atoms with Crippen molar-refractivity contribution in [2.24, 2.45) is 0 Å². The van der Waals surface area contributed by atoms with Gasteiger partial charge in [0, 0.05) is 42.8 Å². The van der Waals surface area contributed by atoms with Gasteiger partial charge in [-0.1, -0.05) is 36.4 Å². The summed E-state index contributed by atoms with van der Waals surface area (Å²) in [6, 6.07) is 18.8. The maximum Gasteiger partial charge on any atom is 0.271 e. The highest BCUT2D eigenvalue weighted by Gasteiger charge is 2.34. The molecule has 0 bridgehead atoms. The van der Waals surface area contributed by atoms with E-state index < -0.39 is 6.04 Å². The number of nitrogens with one attached hydrogen (secondary N) is 2. The van der Waals surface area contributed by atoms with E-state index in [-0.39, 0.29) is 11.8 Å². The van der Waals surface area contributed by atoms with Crippen molar-refractivity contribution in [3.63, 3.8) is 0 Å². The van der Waals surface area contributed by atoms with Crippen LogP contribution in [-0.2, 0) is 11.2 Å². The van der Waals surface area contributed by atoms with Crippen molar-refractivity contribution >= 4 is 22.7 Å². The fraction of sp³-hybridized carbons (Fsp3) is 0.192. The zero-order chi connectivity index (χ0) is 22.8. The molecule has 7 heteroatoms. The Kier molecular flexibility index (Phi) is 5.52. The van der Waals surface area contributed by atoms with Gasteiger partial charge >= 0.3 is 0 Å². The smallest absolute Gasteiger partial charge is 0.271 e. The van der Waals surface area contributed by atoms with Crippen LogP contribution in [0.5, 0.6) is 5.75 Å². The molecule has 2 amide bonds. The third kappa shape index (κ3) is 4.05. The number of amides is 2. The second-order valence-corrected chi connectivity index (χ2v) is 8.05. The normalized spacial score (nSPS) is 16.0. The Bertz CT molecular complexity index is 1300. The number of aromatic amines is 1. The second-order valence-electron chi connectivity index (χ2n) is 8.05.